The van der Waals surface area contributed by atoms with Crippen molar-refractivity contribution in [3.63, 3.8) is 0 Å². The van der Waals surface area contributed by atoms with E-state index in [1.54, 1.807) is 25.3 Å². The van der Waals surface area contributed by atoms with Gasteiger partial charge in [0.15, 0.2) is 5.65 Å². The van der Waals surface area contributed by atoms with Gasteiger partial charge in [0.2, 0.25) is 0 Å². The van der Waals surface area contributed by atoms with Gasteiger partial charge in [0.1, 0.15) is 23.6 Å². The van der Waals surface area contributed by atoms with Crippen molar-refractivity contribution in [3.8, 4) is 5.69 Å². The molecule has 0 unspecified atom stereocenters. The first-order chi connectivity index (χ1) is 11.2. The number of aryl methyl sites for hydroxylation is 1. The molecule has 2 heterocycles. The van der Waals surface area contributed by atoms with Gasteiger partial charge >= 0.3 is 0 Å². The van der Waals surface area contributed by atoms with Crippen molar-refractivity contribution in [2.75, 3.05) is 25.6 Å². The summed E-state index contributed by atoms with van der Waals surface area (Å²) < 4.78 is 20.6. The minimum Gasteiger partial charge on any atom is -0.385 e. The van der Waals surface area contributed by atoms with Crippen LogP contribution in [0, 0.1) is 12.7 Å². The molecule has 0 aliphatic carbocycles. The first kappa shape index (κ1) is 15.4. The highest BCUT2D eigenvalue weighted by molar-refractivity contribution is 5.90. The maximum atomic E-state index is 14.1. The Balaban J connectivity index is 2.02. The van der Waals surface area contributed by atoms with E-state index in [1.165, 1.54) is 17.1 Å². The Hall–Kier alpha value is -2.54. The number of benzene rings is 1. The summed E-state index contributed by atoms with van der Waals surface area (Å²) in [5.41, 5.74) is 1.70. The molecule has 1 aromatic carbocycles. The van der Waals surface area contributed by atoms with E-state index >= 15 is 0 Å². The molecule has 0 amide bonds. The molecule has 23 heavy (non-hydrogen) atoms. The monoisotopic (exact) mass is 315 g/mol. The number of rotatable bonds is 6. The van der Waals surface area contributed by atoms with E-state index < -0.39 is 0 Å². The van der Waals surface area contributed by atoms with Crippen molar-refractivity contribution in [1.82, 2.24) is 19.7 Å². The van der Waals surface area contributed by atoms with Crippen LogP contribution in [0.25, 0.3) is 16.7 Å². The Morgan fingerprint density at radius 1 is 1.26 bits per heavy atom. The number of anilines is 1. The number of nitrogens with one attached hydrogen (secondary N) is 1. The molecular formula is C16H18FN5O. The fourth-order valence-corrected chi connectivity index (χ4v) is 2.47. The minimum absolute atomic E-state index is 0.342. The molecule has 3 aromatic rings. The highest BCUT2D eigenvalue weighted by atomic mass is 19.1. The predicted octanol–water partition coefficient (Wildman–Crippen LogP) is 2.71. The van der Waals surface area contributed by atoms with Crippen molar-refractivity contribution < 1.29 is 9.13 Å². The Labute approximate surface area is 133 Å². The lowest BCUT2D eigenvalue weighted by molar-refractivity contribution is 0.198. The average molecular weight is 315 g/mol. The normalized spacial score (nSPS) is 11.1. The maximum absolute atomic E-state index is 14.1. The third kappa shape index (κ3) is 3.00. The summed E-state index contributed by atoms with van der Waals surface area (Å²) in [7, 11) is 1.67. The van der Waals surface area contributed by atoms with Gasteiger partial charge in [0, 0.05) is 20.3 Å². The second-order valence-corrected chi connectivity index (χ2v) is 5.14. The second-order valence-electron chi connectivity index (χ2n) is 5.14. The van der Waals surface area contributed by atoms with Gasteiger partial charge in [-0.3, -0.25) is 0 Å². The molecule has 0 bridgehead atoms. The SMILES string of the molecule is COCCCNc1ncnc2c1c(C)nn2-c1ccccc1F. The third-order valence-electron chi connectivity index (χ3n) is 3.54. The van der Waals surface area contributed by atoms with Gasteiger partial charge in [0.25, 0.3) is 0 Å². The van der Waals surface area contributed by atoms with Gasteiger partial charge in [-0.25, -0.2) is 19.0 Å². The first-order valence-corrected chi connectivity index (χ1v) is 7.40. The molecule has 0 radical (unpaired) electrons. The van der Waals surface area contributed by atoms with Gasteiger partial charge in [-0.15, -0.1) is 0 Å². The van der Waals surface area contributed by atoms with Crippen LogP contribution in [0.15, 0.2) is 30.6 Å². The largest absolute Gasteiger partial charge is 0.385 e. The first-order valence-electron chi connectivity index (χ1n) is 7.40. The Kier molecular flexibility index (Phi) is 4.47. The Bertz CT molecular complexity index is 817. The van der Waals surface area contributed by atoms with E-state index in [4.69, 9.17) is 4.74 Å². The molecular weight excluding hydrogens is 297 g/mol. The summed E-state index contributed by atoms with van der Waals surface area (Å²) in [6.45, 7) is 3.27. The Morgan fingerprint density at radius 2 is 2.09 bits per heavy atom. The fourth-order valence-electron chi connectivity index (χ4n) is 2.47. The lowest BCUT2D eigenvalue weighted by Gasteiger charge is -2.07. The number of hydrogen-bond donors (Lipinski definition) is 1. The molecule has 0 aliphatic rings. The number of aromatic nitrogens is 4. The number of para-hydroxylation sites is 1. The molecule has 6 nitrogen and oxygen atoms in total. The summed E-state index contributed by atoms with van der Waals surface area (Å²) in [6, 6.07) is 6.50. The molecule has 0 saturated carbocycles. The average Bonchev–Trinajstić information content (AvgIpc) is 2.90. The second kappa shape index (κ2) is 6.70. The molecule has 0 saturated heterocycles. The Morgan fingerprint density at radius 3 is 2.87 bits per heavy atom. The standard InChI is InChI=1S/C16H18FN5O/c1-11-14-15(18-8-5-9-23-2)19-10-20-16(14)22(21-11)13-7-4-3-6-12(13)17/h3-4,6-7,10H,5,8-9H2,1-2H3,(H,18,19,20). The molecule has 0 aliphatic heterocycles. The quantitative estimate of drug-likeness (QED) is 0.709. The van der Waals surface area contributed by atoms with E-state index in [2.05, 4.69) is 20.4 Å². The van der Waals surface area contributed by atoms with Crippen LogP contribution in [0.3, 0.4) is 0 Å². The van der Waals surface area contributed by atoms with Crippen LogP contribution in [0.2, 0.25) is 0 Å². The van der Waals surface area contributed by atoms with Gasteiger partial charge < -0.3 is 10.1 Å². The van der Waals surface area contributed by atoms with Crippen LogP contribution in [0.4, 0.5) is 10.2 Å². The summed E-state index contributed by atoms with van der Waals surface area (Å²) in [5, 5.41) is 8.50. The third-order valence-corrected chi connectivity index (χ3v) is 3.54. The van der Waals surface area contributed by atoms with Crippen molar-refractivity contribution in [3.05, 3.63) is 42.1 Å². The number of methoxy groups -OCH3 is 1. The molecule has 1 N–H and O–H groups in total. The summed E-state index contributed by atoms with van der Waals surface area (Å²) in [5.74, 6) is 0.358. The zero-order chi connectivity index (χ0) is 16.2. The highest BCUT2D eigenvalue weighted by Gasteiger charge is 2.16. The number of nitrogens with zero attached hydrogens (tertiary/aromatic N) is 4. The lowest BCUT2D eigenvalue weighted by atomic mass is 10.3. The molecule has 120 valence electrons. The van der Waals surface area contributed by atoms with Crippen LogP contribution in [-0.4, -0.2) is 40.0 Å². The zero-order valence-corrected chi connectivity index (χ0v) is 13.1. The number of fused-ring (bicyclic) bond motifs is 1. The molecule has 2 aromatic heterocycles. The van der Waals surface area contributed by atoms with Gasteiger partial charge in [0.05, 0.1) is 11.1 Å². The smallest absolute Gasteiger partial charge is 0.168 e. The van der Waals surface area contributed by atoms with Crippen LogP contribution >= 0.6 is 0 Å². The minimum atomic E-state index is -0.342. The zero-order valence-electron chi connectivity index (χ0n) is 13.1. The molecule has 7 heteroatoms. The van der Waals surface area contributed by atoms with Crippen molar-refractivity contribution in [2.45, 2.75) is 13.3 Å². The predicted molar refractivity (Wildman–Crippen MR) is 86.3 cm³/mol. The number of ether oxygens (including phenoxy) is 1. The lowest BCUT2D eigenvalue weighted by Crippen LogP contribution is -2.07. The van der Waals surface area contributed by atoms with E-state index in [1.807, 2.05) is 6.92 Å². The number of halogens is 1. The van der Waals surface area contributed by atoms with Gasteiger partial charge in [-0.2, -0.15) is 5.10 Å². The van der Waals surface area contributed by atoms with Gasteiger partial charge in [-0.05, 0) is 25.5 Å². The van der Waals surface area contributed by atoms with Crippen LogP contribution < -0.4 is 5.32 Å². The molecule has 0 fully saturated rings. The fraction of sp³-hybridized carbons (Fsp3) is 0.312. The maximum Gasteiger partial charge on any atom is 0.168 e. The van der Waals surface area contributed by atoms with E-state index in [0.717, 1.165) is 24.0 Å². The summed E-state index contributed by atoms with van der Waals surface area (Å²) in [4.78, 5) is 8.57. The van der Waals surface area contributed by atoms with Crippen molar-refractivity contribution in [2.24, 2.45) is 0 Å². The molecule has 3 rings (SSSR count). The summed E-state index contributed by atoms with van der Waals surface area (Å²) in [6.07, 6.45) is 2.32. The molecule has 0 spiro atoms. The number of hydrogen-bond acceptors (Lipinski definition) is 5. The van der Waals surface area contributed by atoms with Crippen LogP contribution in [0.5, 0.6) is 0 Å². The van der Waals surface area contributed by atoms with Crippen LogP contribution in [-0.2, 0) is 4.74 Å². The van der Waals surface area contributed by atoms with Crippen molar-refractivity contribution >= 4 is 16.9 Å². The topological polar surface area (TPSA) is 64.9 Å². The highest BCUT2D eigenvalue weighted by Crippen LogP contribution is 2.26. The van der Waals surface area contributed by atoms with Crippen molar-refractivity contribution in [1.29, 1.82) is 0 Å². The van der Waals surface area contributed by atoms with E-state index in [-0.39, 0.29) is 5.82 Å². The molecule has 0 atom stereocenters. The van der Waals surface area contributed by atoms with Gasteiger partial charge in [-0.1, -0.05) is 12.1 Å². The van der Waals surface area contributed by atoms with E-state index in [9.17, 15) is 4.39 Å². The van der Waals surface area contributed by atoms with Crippen LogP contribution in [0.1, 0.15) is 12.1 Å². The summed E-state index contributed by atoms with van der Waals surface area (Å²) >= 11 is 0. The van der Waals surface area contributed by atoms with E-state index in [0.29, 0.717) is 23.8 Å².